The number of thiocarbonyl (C=S) groups is 1. The molecule has 0 saturated heterocycles. The van der Waals surface area contributed by atoms with Gasteiger partial charge in [-0.15, -0.1) is 0 Å². The largest absolute Gasteiger partial charge is 0.351 e. The zero-order chi connectivity index (χ0) is 15.4. The first kappa shape index (κ1) is 15.4. The summed E-state index contributed by atoms with van der Waals surface area (Å²) in [7, 11) is 0. The molecule has 3 rings (SSSR count). The molecule has 2 N–H and O–H groups in total. The van der Waals surface area contributed by atoms with Gasteiger partial charge in [0.1, 0.15) is 0 Å². The average Bonchev–Trinajstić information content (AvgIpc) is 3.00. The summed E-state index contributed by atoms with van der Waals surface area (Å²) < 4.78 is 1.05. The minimum atomic E-state index is -0.138. The van der Waals surface area contributed by atoms with Crippen molar-refractivity contribution in [3.63, 3.8) is 0 Å². The van der Waals surface area contributed by atoms with Crippen molar-refractivity contribution in [3.05, 3.63) is 58.8 Å². The predicted octanol–water partition coefficient (Wildman–Crippen LogP) is 4.60. The van der Waals surface area contributed by atoms with Crippen molar-refractivity contribution < 1.29 is 0 Å². The maximum atomic E-state index is 5.52. The topological polar surface area (TPSA) is 37.0 Å². The van der Waals surface area contributed by atoms with Crippen LogP contribution in [0.4, 0.5) is 5.69 Å². The number of aromatic nitrogens is 1. The van der Waals surface area contributed by atoms with Gasteiger partial charge < -0.3 is 10.6 Å². The third-order valence-corrected chi connectivity index (χ3v) is 4.80. The molecule has 22 heavy (non-hydrogen) atoms. The van der Waals surface area contributed by atoms with E-state index in [2.05, 4.69) is 37.6 Å². The summed E-state index contributed by atoms with van der Waals surface area (Å²) in [6.45, 7) is 0. The summed E-state index contributed by atoms with van der Waals surface area (Å²) in [6, 6.07) is 14.1. The number of anilines is 1. The molecule has 5 heteroatoms. The van der Waals surface area contributed by atoms with E-state index in [1.54, 1.807) is 0 Å². The second-order valence-electron chi connectivity index (χ2n) is 5.59. The molecule has 0 amide bonds. The highest BCUT2D eigenvalue weighted by molar-refractivity contribution is 9.10. The molecule has 1 saturated carbocycles. The molecule has 0 radical (unpaired) electrons. The summed E-state index contributed by atoms with van der Waals surface area (Å²) in [5.41, 5.74) is 1.92. The van der Waals surface area contributed by atoms with Crippen LogP contribution in [0.15, 0.2) is 53.1 Å². The highest BCUT2D eigenvalue weighted by atomic mass is 79.9. The summed E-state index contributed by atoms with van der Waals surface area (Å²) in [5.74, 6) is 0. The van der Waals surface area contributed by atoms with E-state index in [4.69, 9.17) is 12.2 Å². The second kappa shape index (κ2) is 6.75. The Morgan fingerprint density at radius 1 is 1.09 bits per heavy atom. The summed E-state index contributed by atoms with van der Waals surface area (Å²) in [6.07, 6.45) is 6.37. The molecule has 1 fully saturated rings. The van der Waals surface area contributed by atoms with Crippen LogP contribution < -0.4 is 10.6 Å². The number of benzene rings is 1. The van der Waals surface area contributed by atoms with Gasteiger partial charge in [0.05, 0.1) is 11.2 Å². The monoisotopic (exact) mass is 375 g/mol. The molecule has 1 aromatic heterocycles. The summed E-state index contributed by atoms with van der Waals surface area (Å²) in [5, 5.41) is 7.43. The molecule has 0 bridgehead atoms. The van der Waals surface area contributed by atoms with E-state index in [-0.39, 0.29) is 5.54 Å². The van der Waals surface area contributed by atoms with Gasteiger partial charge in [0, 0.05) is 16.4 Å². The molecule has 0 aliphatic heterocycles. The van der Waals surface area contributed by atoms with Crippen molar-refractivity contribution in [2.75, 3.05) is 5.32 Å². The maximum Gasteiger partial charge on any atom is 0.171 e. The van der Waals surface area contributed by atoms with Gasteiger partial charge in [-0.25, -0.2) is 0 Å². The van der Waals surface area contributed by atoms with Gasteiger partial charge in [-0.1, -0.05) is 34.8 Å². The number of hydrogen-bond donors (Lipinski definition) is 2. The zero-order valence-electron chi connectivity index (χ0n) is 12.2. The highest BCUT2D eigenvalue weighted by Crippen LogP contribution is 2.37. The third kappa shape index (κ3) is 3.47. The van der Waals surface area contributed by atoms with Crippen LogP contribution in [0.3, 0.4) is 0 Å². The number of pyridine rings is 1. The number of rotatable bonds is 3. The number of nitrogens with zero attached hydrogens (tertiary/aromatic N) is 1. The van der Waals surface area contributed by atoms with Gasteiger partial charge in [-0.05, 0) is 61.5 Å². The molecule has 2 aromatic rings. The van der Waals surface area contributed by atoms with Crippen molar-refractivity contribution in [2.45, 2.75) is 31.2 Å². The van der Waals surface area contributed by atoms with Crippen LogP contribution in [0.2, 0.25) is 0 Å². The van der Waals surface area contributed by atoms with E-state index in [0.717, 1.165) is 28.7 Å². The van der Waals surface area contributed by atoms with E-state index >= 15 is 0 Å². The lowest BCUT2D eigenvalue weighted by Crippen LogP contribution is -2.46. The van der Waals surface area contributed by atoms with Crippen LogP contribution in [0, 0.1) is 0 Å². The van der Waals surface area contributed by atoms with Gasteiger partial charge in [0.15, 0.2) is 5.11 Å². The van der Waals surface area contributed by atoms with Crippen LogP contribution in [-0.4, -0.2) is 10.1 Å². The van der Waals surface area contributed by atoms with Crippen LogP contribution in [0.25, 0.3) is 0 Å². The first-order valence-electron chi connectivity index (χ1n) is 7.44. The Bertz CT molecular complexity index is 637. The third-order valence-electron chi connectivity index (χ3n) is 4.07. The average molecular weight is 376 g/mol. The molecule has 0 spiro atoms. The number of nitrogens with one attached hydrogen (secondary N) is 2. The number of halogens is 1. The van der Waals surface area contributed by atoms with E-state index < -0.39 is 0 Å². The Morgan fingerprint density at radius 2 is 1.82 bits per heavy atom. The van der Waals surface area contributed by atoms with Gasteiger partial charge in [0.2, 0.25) is 0 Å². The minimum Gasteiger partial charge on any atom is -0.351 e. The Balaban J connectivity index is 1.74. The lowest BCUT2D eigenvalue weighted by Gasteiger charge is -2.31. The van der Waals surface area contributed by atoms with Gasteiger partial charge in [0.25, 0.3) is 0 Å². The maximum absolute atomic E-state index is 5.52. The Labute approximate surface area is 144 Å². The Hall–Kier alpha value is -1.46. The van der Waals surface area contributed by atoms with E-state index in [1.807, 2.05) is 42.6 Å². The van der Waals surface area contributed by atoms with Crippen molar-refractivity contribution >= 4 is 38.9 Å². The SMILES string of the molecule is S=C(Nc1ccc(Br)cc1)NC1(c2ccccn2)CCCC1. The minimum absolute atomic E-state index is 0.138. The van der Waals surface area contributed by atoms with Crippen LogP contribution >= 0.6 is 28.1 Å². The van der Waals surface area contributed by atoms with Crippen LogP contribution in [0.1, 0.15) is 31.4 Å². The Kier molecular flexibility index (Phi) is 4.74. The standard InChI is InChI=1S/C17H18BrN3S/c18-13-6-8-14(9-7-13)20-16(22)21-17(10-2-3-11-17)15-5-1-4-12-19-15/h1,4-9,12H,2-3,10-11H2,(H2,20,21,22). The summed E-state index contributed by atoms with van der Waals surface area (Å²) >= 11 is 8.95. The first-order chi connectivity index (χ1) is 10.7. The molecule has 1 aliphatic rings. The lowest BCUT2D eigenvalue weighted by atomic mass is 9.93. The number of hydrogen-bond acceptors (Lipinski definition) is 2. The molecule has 3 nitrogen and oxygen atoms in total. The van der Waals surface area contributed by atoms with E-state index in [9.17, 15) is 0 Å². The predicted molar refractivity (Wildman–Crippen MR) is 97.9 cm³/mol. The van der Waals surface area contributed by atoms with E-state index in [1.165, 1.54) is 12.8 Å². The fourth-order valence-corrected chi connectivity index (χ4v) is 3.56. The highest BCUT2D eigenvalue weighted by Gasteiger charge is 2.37. The lowest BCUT2D eigenvalue weighted by molar-refractivity contribution is 0.396. The fourth-order valence-electron chi connectivity index (χ4n) is 2.98. The van der Waals surface area contributed by atoms with Crippen molar-refractivity contribution in [1.82, 2.24) is 10.3 Å². The Morgan fingerprint density at radius 3 is 2.45 bits per heavy atom. The van der Waals surface area contributed by atoms with Crippen molar-refractivity contribution in [3.8, 4) is 0 Å². The van der Waals surface area contributed by atoms with E-state index in [0.29, 0.717) is 5.11 Å². The molecule has 0 unspecified atom stereocenters. The molecule has 1 aromatic carbocycles. The van der Waals surface area contributed by atoms with Crippen LogP contribution in [0.5, 0.6) is 0 Å². The first-order valence-corrected chi connectivity index (χ1v) is 8.64. The molecule has 0 atom stereocenters. The van der Waals surface area contributed by atoms with Gasteiger partial charge >= 0.3 is 0 Å². The van der Waals surface area contributed by atoms with Gasteiger partial charge in [-0.3, -0.25) is 4.98 Å². The fraction of sp³-hybridized carbons (Fsp3) is 0.294. The van der Waals surface area contributed by atoms with Gasteiger partial charge in [-0.2, -0.15) is 0 Å². The van der Waals surface area contributed by atoms with Crippen molar-refractivity contribution in [1.29, 1.82) is 0 Å². The van der Waals surface area contributed by atoms with Crippen LogP contribution in [-0.2, 0) is 5.54 Å². The zero-order valence-corrected chi connectivity index (χ0v) is 14.6. The normalized spacial score (nSPS) is 16.2. The molecule has 1 heterocycles. The summed E-state index contributed by atoms with van der Waals surface area (Å²) in [4.78, 5) is 4.55. The molecular formula is C17H18BrN3S. The molecule has 1 aliphatic carbocycles. The quantitative estimate of drug-likeness (QED) is 0.768. The van der Waals surface area contributed by atoms with Crippen molar-refractivity contribution in [2.24, 2.45) is 0 Å². The smallest absolute Gasteiger partial charge is 0.171 e. The molecule has 114 valence electrons. The second-order valence-corrected chi connectivity index (χ2v) is 6.91. The molecular weight excluding hydrogens is 358 g/mol.